The summed E-state index contributed by atoms with van der Waals surface area (Å²) in [5.41, 5.74) is 5.00. The molecule has 2 amide bonds. The summed E-state index contributed by atoms with van der Waals surface area (Å²) in [4.78, 5) is 30.6. The van der Waals surface area contributed by atoms with Crippen LogP contribution in [0.15, 0.2) is 73.1 Å². The number of aryl methyl sites for hydroxylation is 1. The molecule has 3 heterocycles. The summed E-state index contributed by atoms with van der Waals surface area (Å²) in [7, 11) is 3.63. The second kappa shape index (κ2) is 12.5. The van der Waals surface area contributed by atoms with E-state index in [9.17, 15) is 9.18 Å². The molecule has 6 rings (SSSR count). The summed E-state index contributed by atoms with van der Waals surface area (Å²) in [6.45, 7) is 4.06. The SMILES string of the molecule is Cc1ccc(NC(=O)N(C)CCN(C)c2nc(NCc3ccc4c(c3)OCO4)c3ncn(Cc4ccc(F)cc4)c3n2)cc1. The van der Waals surface area contributed by atoms with Crippen LogP contribution >= 0.6 is 0 Å². The maximum absolute atomic E-state index is 13.5. The molecule has 2 aromatic heterocycles. The van der Waals surface area contributed by atoms with E-state index in [4.69, 9.17) is 19.4 Å². The van der Waals surface area contributed by atoms with Crippen molar-refractivity contribution in [1.82, 2.24) is 24.4 Å². The summed E-state index contributed by atoms with van der Waals surface area (Å²) in [5, 5.41) is 6.33. The Kier molecular flexibility index (Phi) is 8.13. The minimum Gasteiger partial charge on any atom is -0.454 e. The van der Waals surface area contributed by atoms with Crippen LogP contribution < -0.4 is 25.0 Å². The molecule has 2 N–H and O–H groups in total. The fourth-order valence-corrected chi connectivity index (χ4v) is 4.72. The van der Waals surface area contributed by atoms with Crippen molar-refractivity contribution in [2.45, 2.75) is 20.0 Å². The third-order valence-corrected chi connectivity index (χ3v) is 7.38. The van der Waals surface area contributed by atoms with Gasteiger partial charge >= 0.3 is 6.03 Å². The number of hydrogen-bond acceptors (Lipinski definition) is 8. The van der Waals surface area contributed by atoms with Gasteiger partial charge < -0.3 is 34.5 Å². The zero-order valence-electron chi connectivity index (χ0n) is 24.7. The largest absolute Gasteiger partial charge is 0.454 e. The van der Waals surface area contributed by atoms with Gasteiger partial charge in [0.05, 0.1) is 12.9 Å². The topological polar surface area (TPSA) is 110 Å². The first-order valence-electron chi connectivity index (χ1n) is 14.2. The Bertz CT molecular complexity index is 1780. The fourth-order valence-electron chi connectivity index (χ4n) is 4.72. The number of likely N-dealkylation sites (N-methyl/N-ethyl adjacent to an activating group) is 2. The Labute approximate surface area is 254 Å². The van der Waals surface area contributed by atoms with E-state index in [0.717, 1.165) is 28.1 Å². The van der Waals surface area contributed by atoms with Gasteiger partial charge in [-0.2, -0.15) is 9.97 Å². The number of nitrogens with one attached hydrogen (secondary N) is 2. The van der Waals surface area contributed by atoms with E-state index >= 15 is 0 Å². The summed E-state index contributed by atoms with van der Waals surface area (Å²) in [6, 6.07) is 19.6. The van der Waals surface area contributed by atoms with Crippen molar-refractivity contribution in [2.75, 3.05) is 49.5 Å². The predicted octanol–water partition coefficient (Wildman–Crippen LogP) is 5.26. The van der Waals surface area contributed by atoms with Crippen molar-refractivity contribution >= 4 is 34.6 Å². The van der Waals surface area contributed by atoms with Crippen LogP contribution in [0.3, 0.4) is 0 Å². The van der Waals surface area contributed by atoms with Gasteiger partial charge in [0.15, 0.2) is 28.5 Å². The van der Waals surface area contributed by atoms with Gasteiger partial charge in [-0.25, -0.2) is 14.2 Å². The zero-order valence-corrected chi connectivity index (χ0v) is 24.7. The number of urea groups is 1. The number of anilines is 3. The first-order chi connectivity index (χ1) is 21.3. The van der Waals surface area contributed by atoms with E-state index in [1.54, 1.807) is 30.4 Å². The number of carbonyl (C=O) groups is 1. The van der Waals surface area contributed by atoms with Crippen LogP contribution in [0.5, 0.6) is 11.5 Å². The number of hydrogen-bond donors (Lipinski definition) is 2. The highest BCUT2D eigenvalue weighted by Crippen LogP contribution is 2.33. The Balaban J connectivity index is 1.21. The van der Waals surface area contributed by atoms with Crippen LogP contribution in [0.25, 0.3) is 11.2 Å². The van der Waals surface area contributed by atoms with Crippen LogP contribution in [0.1, 0.15) is 16.7 Å². The second-order valence-electron chi connectivity index (χ2n) is 10.7. The molecule has 0 radical (unpaired) electrons. The van der Waals surface area contributed by atoms with Crippen LogP contribution in [-0.4, -0.2) is 64.4 Å². The van der Waals surface area contributed by atoms with E-state index in [0.29, 0.717) is 54.9 Å². The third kappa shape index (κ3) is 6.48. The van der Waals surface area contributed by atoms with Crippen molar-refractivity contribution < 1.29 is 18.7 Å². The van der Waals surface area contributed by atoms with E-state index in [1.807, 2.05) is 65.9 Å². The Morgan fingerprint density at radius 2 is 1.70 bits per heavy atom. The smallest absolute Gasteiger partial charge is 0.321 e. The van der Waals surface area contributed by atoms with Crippen LogP contribution in [0, 0.1) is 12.7 Å². The lowest BCUT2D eigenvalue weighted by atomic mass is 10.2. The van der Waals surface area contributed by atoms with Gasteiger partial charge in [-0.1, -0.05) is 35.9 Å². The van der Waals surface area contributed by atoms with Gasteiger partial charge in [-0.3, -0.25) is 0 Å². The quantitative estimate of drug-likeness (QED) is 0.225. The number of halogens is 1. The molecule has 3 aromatic carbocycles. The zero-order chi connectivity index (χ0) is 30.6. The molecule has 0 atom stereocenters. The molecule has 1 aliphatic heterocycles. The molecule has 0 fully saturated rings. The summed E-state index contributed by atoms with van der Waals surface area (Å²) < 4.78 is 26.4. The van der Waals surface area contributed by atoms with Gasteiger partial charge in [-0.15, -0.1) is 0 Å². The minimum atomic E-state index is -0.289. The van der Waals surface area contributed by atoms with E-state index in [2.05, 4.69) is 15.6 Å². The molecule has 11 nitrogen and oxygen atoms in total. The lowest BCUT2D eigenvalue weighted by Crippen LogP contribution is -2.37. The molecule has 5 aromatic rings. The number of benzene rings is 3. The predicted molar refractivity (Wildman–Crippen MR) is 167 cm³/mol. The number of rotatable bonds is 10. The molecule has 226 valence electrons. The molecule has 12 heteroatoms. The highest BCUT2D eigenvalue weighted by molar-refractivity contribution is 5.89. The number of imidazole rings is 1. The average molecular weight is 597 g/mol. The first kappa shape index (κ1) is 28.7. The molecule has 0 saturated carbocycles. The number of ether oxygens (including phenoxy) is 2. The normalized spacial score (nSPS) is 11.9. The molecule has 0 saturated heterocycles. The Hall–Kier alpha value is -5.39. The number of fused-ring (bicyclic) bond motifs is 2. The van der Waals surface area contributed by atoms with E-state index in [1.165, 1.54) is 12.1 Å². The molecule has 44 heavy (non-hydrogen) atoms. The Morgan fingerprint density at radius 3 is 2.50 bits per heavy atom. The number of aromatic nitrogens is 4. The van der Waals surface area contributed by atoms with Crippen LogP contribution in [0.4, 0.5) is 26.6 Å². The Morgan fingerprint density at radius 1 is 0.955 bits per heavy atom. The first-order valence-corrected chi connectivity index (χ1v) is 14.2. The van der Waals surface area contributed by atoms with Crippen LogP contribution in [-0.2, 0) is 13.1 Å². The summed E-state index contributed by atoms with van der Waals surface area (Å²) >= 11 is 0. The minimum absolute atomic E-state index is 0.206. The molecule has 0 aliphatic carbocycles. The molecule has 0 bridgehead atoms. The van der Waals surface area contributed by atoms with Gasteiger partial charge in [0.2, 0.25) is 12.7 Å². The molecular formula is C32H33FN8O3. The van der Waals surface area contributed by atoms with Crippen LogP contribution in [0.2, 0.25) is 0 Å². The van der Waals surface area contributed by atoms with E-state index in [-0.39, 0.29) is 18.6 Å². The van der Waals surface area contributed by atoms with Crippen molar-refractivity contribution in [3.05, 3.63) is 95.6 Å². The standard InChI is InChI=1S/C32H33FN8O3/c1-21-4-11-25(12-5-21)36-32(42)40(3)15-14-39(2)31-37-29(34-17-23-8-13-26-27(16-23)44-20-43-26)28-30(38-31)41(19-35-28)18-22-6-9-24(33)10-7-22/h4-13,16,19H,14-15,17-18,20H2,1-3H3,(H,36,42)(H,34,37,38). The highest BCUT2D eigenvalue weighted by atomic mass is 19.1. The van der Waals surface area contributed by atoms with Crippen molar-refractivity contribution in [3.8, 4) is 11.5 Å². The number of nitrogens with zero attached hydrogens (tertiary/aromatic N) is 6. The van der Waals surface area contributed by atoms with Gasteiger partial charge in [0.25, 0.3) is 0 Å². The average Bonchev–Trinajstić information content (AvgIpc) is 3.67. The molecule has 0 unspecified atom stereocenters. The maximum atomic E-state index is 13.5. The van der Waals surface area contributed by atoms with Gasteiger partial charge in [0.1, 0.15) is 5.82 Å². The fraction of sp³-hybridized carbons (Fsp3) is 0.250. The second-order valence-corrected chi connectivity index (χ2v) is 10.7. The van der Waals surface area contributed by atoms with Crippen molar-refractivity contribution in [2.24, 2.45) is 0 Å². The summed E-state index contributed by atoms with van der Waals surface area (Å²) in [5.74, 6) is 2.18. The monoisotopic (exact) mass is 596 g/mol. The highest BCUT2D eigenvalue weighted by Gasteiger charge is 2.18. The number of amides is 2. The molecular weight excluding hydrogens is 563 g/mol. The lowest BCUT2D eigenvalue weighted by molar-refractivity contribution is 0.174. The van der Waals surface area contributed by atoms with Crippen molar-refractivity contribution in [1.29, 1.82) is 0 Å². The third-order valence-electron chi connectivity index (χ3n) is 7.38. The van der Waals surface area contributed by atoms with E-state index < -0.39 is 0 Å². The molecule has 0 spiro atoms. The van der Waals surface area contributed by atoms with Gasteiger partial charge in [-0.05, 0) is 54.4 Å². The summed E-state index contributed by atoms with van der Waals surface area (Å²) in [6.07, 6.45) is 1.71. The van der Waals surface area contributed by atoms with Crippen molar-refractivity contribution in [3.63, 3.8) is 0 Å². The number of carbonyl (C=O) groups excluding carboxylic acids is 1. The maximum Gasteiger partial charge on any atom is 0.321 e. The van der Waals surface area contributed by atoms with Gasteiger partial charge in [0, 0.05) is 39.4 Å². The molecule has 1 aliphatic rings. The lowest BCUT2D eigenvalue weighted by Gasteiger charge is -2.23.